The van der Waals surface area contributed by atoms with Crippen molar-refractivity contribution in [1.82, 2.24) is 25.1 Å². The van der Waals surface area contributed by atoms with Crippen molar-refractivity contribution in [3.05, 3.63) is 41.7 Å². The van der Waals surface area contributed by atoms with E-state index in [-0.39, 0.29) is 11.8 Å². The number of rotatable bonds is 6. The first kappa shape index (κ1) is 19.8. The van der Waals surface area contributed by atoms with Gasteiger partial charge in [-0.1, -0.05) is 0 Å². The Kier molecular flexibility index (Phi) is 6.25. The van der Waals surface area contributed by atoms with Crippen molar-refractivity contribution in [1.29, 1.82) is 0 Å². The van der Waals surface area contributed by atoms with Crippen LogP contribution in [0.1, 0.15) is 26.9 Å². The van der Waals surface area contributed by atoms with Crippen molar-refractivity contribution in [2.75, 3.05) is 58.3 Å². The van der Waals surface area contributed by atoms with Crippen LogP contribution in [0.25, 0.3) is 0 Å². The van der Waals surface area contributed by atoms with E-state index >= 15 is 0 Å². The molecule has 1 N–H and O–H groups in total. The van der Waals surface area contributed by atoms with Crippen LogP contribution in [0.5, 0.6) is 0 Å². The molecular formula is C19H26N6O3. The van der Waals surface area contributed by atoms with Crippen molar-refractivity contribution < 1.29 is 14.0 Å². The number of amides is 2. The van der Waals surface area contributed by atoms with E-state index in [4.69, 9.17) is 4.42 Å². The number of aromatic nitrogens is 2. The second kappa shape index (κ2) is 8.83. The zero-order valence-corrected chi connectivity index (χ0v) is 16.5. The quantitative estimate of drug-likeness (QED) is 0.778. The molecule has 0 aromatic carbocycles. The average molecular weight is 386 g/mol. The highest BCUT2D eigenvalue weighted by molar-refractivity contribution is 5.93. The lowest BCUT2D eigenvalue weighted by Gasteiger charge is -2.35. The van der Waals surface area contributed by atoms with E-state index in [9.17, 15) is 9.59 Å². The van der Waals surface area contributed by atoms with Gasteiger partial charge in [0.2, 0.25) is 0 Å². The van der Waals surface area contributed by atoms with E-state index in [0.29, 0.717) is 55.8 Å². The van der Waals surface area contributed by atoms with Gasteiger partial charge in [0.05, 0.1) is 6.26 Å². The molecule has 2 aromatic rings. The fraction of sp³-hybridized carbons (Fsp3) is 0.474. The van der Waals surface area contributed by atoms with E-state index in [1.165, 1.54) is 6.26 Å². The second-order valence-electron chi connectivity index (χ2n) is 6.97. The number of carbonyl (C=O) groups is 2. The molecule has 28 heavy (non-hydrogen) atoms. The van der Waals surface area contributed by atoms with Crippen molar-refractivity contribution >= 4 is 17.6 Å². The summed E-state index contributed by atoms with van der Waals surface area (Å²) >= 11 is 0. The molecule has 0 unspecified atom stereocenters. The van der Waals surface area contributed by atoms with Crippen LogP contribution in [-0.4, -0.2) is 84.9 Å². The second-order valence-corrected chi connectivity index (χ2v) is 6.97. The highest BCUT2D eigenvalue weighted by atomic mass is 16.3. The van der Waals surface area contributed by atoms with Crippen LogP contribution in [-0.2, 0) is 0 Å². The first-order chi connectivity index (χ1) is 13.4. The summed E-state index contributed by atoms with van der Waals surface area (Å²) in [6.45, 7) is 5.47. The van der Waals surface area contributed by atoms with Gasteiger partial charge in [-0.3, -0.25) is 9.59 Å². The van der Waals surface area contributed by atoms with Gasteiger partial charge in [-0.25, -0.2) is 9.97 Å². The maximum atomic E-state index is 12.4. The van der Waals surface area contributed by atoms with E-state index in [1.54, 1.807) is 30.0 Å². The molecule has 1 saturated heterocycles. The summed E-state index contributed by atoms with van der Waals surface area (Å²) in [6.07, 6.45) is 1.50. The van der Waals surface area contributed by atoms with E-state index < -0.39 is 0 Å². The van der Waals surface area contributed by atoms with Crippen molar-refractivity contribution in [3.8, 4) is 0 Å². The van der Waals surface area contributed by atoms with Crippen LogP contribution in [0.15, 0.2) is 28.9 Å². The van der Waals surface area contributed by atoms with Gasteiger partial charge in [-0.05, 0) is 33.2 Å². The van der Waals surface area contributed by atoms with Crippen LogP contribution in [0.3, 0.4) is 0 Å². The number of piperazine rings is 1. The Bertz CT molecular complexity index is 813. The largest absolute Gasteiger partial charge is 0.459 e. The van der Waals surface area contributed by atoms with Gasteiger partial charge >= 0.3 is 0 Å². The molecule has 0 saturated carbocycles. The number of aryl methyl sites for hydroxylation is 1. The van der Waals surface area contributed by atoms with Crippen molar-refractivity contribution in [3.63, 3.8) is 0 Å². The average Bonchev–Trinajstić information content (AvgIpc) is 3.21. The molecule has 0 aliphatic carbocycles. The molecule has 2 amide bonds. The summed E-state index contributed by atoms with van der Waals surface area (Å²) in [5.41, 5.74) is 0.357. The SMILES string of the molecule is Cc1nc(C(=O)NCCN(C)C)cc(N2CCN(C(=O)c3ccco3)CC2)n1. The lowest BCUT2D eigenvalue weighted by Crippen LogP contribution is -2.49. The third-order valence-corrected chi connectivity index (χ3v) is 4.52. The molecule has 9 heteroatoms. The lowest BCUT2D eigenvalue weighted by molar-refractivity contribution is 0.0714. The molecule has 0 bridgehead atoms. The Balaban J connectivity index is 1.62. The fourth-order valence-corrected chi connectivity index (χ4v) is 3.01. The van der Waals surface area contributed by atoms with Gasteiger partial charge in [-0.2, -0.15) is 0 Å². The Hall–Kier alpha value is -2.94. The molecule has 1 fully saturated rings. The predicted octanol–water partition coefficient (Wildman–Crippen LogP) is 0.632. The van der Waals surface area contributed by atoms with Crippen LogP contribution < -0.4 is 10.2 Å². The summed E-state index contributed by atoms with van der Waals surface area (Å²) in [4.78, 5) is 39.3. The number of nitrogens with one attached hydrogen (secondary N) is 1. The van der Waals surface area contributed by atoms with E-state index in [1.807, 2.05) is 19.0 Å². The minimum Gasteiger partial charge on any atom is -0.459 e. The highest BCUT2D eigenvalue weighted by Gasteiger charge is 2.25. The monoisotopic (exact) mass is 386 g/mol. The number of nitrogens with zero attached hydrogens (tertiary/aromatic N) is 5. The molecule has 0 radical (unpaired) electrons. The van der Waals surface area contributed by atoms with Gasteiger partial charge in [0, 0.05) is 45.3 Å². The van der Waals surface area contributed by atoms with Crippen LogP contribution >= 0.6 is 0 Å². The molecule has 1 aliphatic rings. The van der Waals surface area contributed by atoms with E-state index in [2.05, 4.69) is 20.2 Å². The number of hydrogen-bond acceptors (Lipinski definition) is 7. The minimum absolute atomic E-state index is 0.107. The molecule has 2 aromatic heterocycles. The van der Waals surface area contributed by atoms with Gasteiger partial charge in [0.1, 0.15) is 17.3 Å². The number of anilines is 1. The van der Waals surface area contributed by atoms with E-state index in [0.717, 1.165) is 6.54 Å². The first-order valence-corrected chi connectivity index (χ1v) is 9.30. The summed E-state index contributed by atoms with van der Waals surface area (Å²) < 4.78 is 5.19. The van der Waals surface area contributed by atoms with Gasteiger partial charge < -0.3 is 24.4 Å². The summed E-state index contributed by atoms with van der Waals surface area (Å²) in [5, 5.41) is 2.87. The van der Waals surface area contributed by atoms with Crippen LogP contribution in [0.2, 0.25) is 0 Å². The third-order valence-electron chi connectivity index (χ3n) is 4.52. The Morgan fingerprint density at radius 2 is 1.96 bits per heavy atom. The van der Waals surface area contributed by atoms with Crippen molar-refractivity contribution in [2.45, 2.75) is 6.92 Å². The highest BCUT2D eigenvalue weighted by Crippen LogP contribution is 2.17. The first-order valence-electron chi connectivity index (χ1n) is 9.30. The number of likely N-dealkylation sites (N-methyl/N-ethyl adjacent to an activating group) is 1. The molecule has 9 nitrogen and oxygen atoms in total. The standard InChI is InChI=1S/C19H26N6O3/c1-14-21-15(18(26)20-6-7-23(2)3)13-17(22-14)24-8-10-25(11-9-24)19(27)16-5-4-12-28-16/h4-5,12-13H,6-11H2,1-3H3,(H,20,26). The number of furan rings is 1. The Labute approximate surface area is 164 Å². The molecule has 3 rings (SSSR count). The minimum atomic E-state index is -0.208. The van der Waals surface area contributed by atoms with Crippen molar-refractivity contribution in [2.24, 2.45) is 0 Å². The molecular weight excluding hydrogens is 360 g/mol. The maximum Gasteiger partial charge on any atom is 0.289 e. The zero-order chi connectivity index (χ0) is 20.1. The van der Waals surface area contributed by atoms with Crippen LogP contribution in [0.4, 0.5) is 5.82 Å². The molecule has 0 spiro atoms. The van der Waals surface area contributed by atoms with Gasteiger partial charge in [-0.15, -0.1) is 0 Å². The molecule has 1 aliphatic heterocycles. The molecule has 0 atom stereocenters. The normalized spacial score (nSPS) is 14.4. The summed E-state index contributed by atoms with van der Waals surface area (Å²) in [5.74, 6) is 1.28. The Morgan fingerprint density at radius 1 is 1.21 bits per heavy atom. The number of hydrogen-bond donors (Lipinski definition) is 1. The fourth-order valence-electron chi connectivity index (χ4n) is 3.01. The lowest BCUT2D eigenvalue weighted by atomic mass is 10.2. The topological polar surface area (TPSA) is 94.8 Å². The van der Waals surface area contributed by atoms with Gasteiger partial charge in [0.15, 0.2) is 5.76 Å². The molecule has 150 valence electrons. The van der Waals surface area contributed by atoms with Gasteiger partial charge in [0.25, 0.3) is 11.8 Å². The Morgan fingerprint density at radius 3 is 2.61 bits per heavy atom. The zero-order valence-electron chi connectivity index (χ0n) is 16.5. The maximum absolute atomic E-state index is 12.4. The summed E-state index contributed by atoms with van der Waals surface area (Å²) in [6, 6.07) is 5.09. The predicted molar refractivity (Wildman–Crippen MR) is 104 cm³/mol. The summed E-state index contributed by atoms with van der Waals surface area (Å²) in [7, 11) is 3.91. The number of carbonyl (C=O) groups excluding carboxylic acids is 2. The third kappa shape index (κ3) is 4.86. The van der Waals surface area contributed by atoms with Crippen LogP contribution in [0, 0.1) is 6.92 Å². The molecule has 3 heterocycles. The smallest absolute Gasteiger partial charge is 0.289 e.